The Bertz CT molecular complexity index is 536. The van der Waals surface area contributed by atoms with Gasteiger partial charge in [0.05, 0.1) is 7.11 Å². The van der Waals surface area contributed by atoms with Crippen LogP contribution in [0.5, 0.6) is 11.5 Å². The van der Waals surface area contributed by atoms with Crippen LogP contribution in [-0.2, 0) is 0 Å². The van der Waals surface area contributed by atoms with Crippen LogP contribution in [0.1, 0.15) is 0 Å². The third-order valence-electron chi connectivity index (χ3n) is 3.14. The van der Waals surface area contributed by atoms with Crippen LogP contribution in [0.4, 0.5) is 11.4 Å². The zero-order valence-electron chi connectivity index (χ0n) is 12.8. The van der Waals surface area contributed by atoms with Crippen molar-refractivity contribution in [2.75, 3.05) is 44.6 Å². The number of nitrogens with one attached hydrogen (secondary N) is 1. The van der Waals surface area contributed by atoms with Gasteiger partial charge in [-0.25, -0.2) is 0 Å². The third-order valence-corrected chi connectivity index (χ3v) is 3.14. The number of benzene rings is 2. The summed E-state index contributed by atoms with van der Waals surface area (Å²) in [5.41, 5.74) is 2.29. The summed E-state index contributed by atoms with van der Waals surface area (Å²) < 4.78 is 10.8. The molecule has 2 aromatic rings. The molecule has 1 N–H and O–H groups in total. The molecule has 0 saturated heterocycles. The number of ether oxygens (including phenoxy) is 2. The fraction of sp³-hybridized carbons (Fsp3) is 0.294. The lowest BCUT2D eigenvalue weighted by Gasteiger charge is -2.13. The van der Waals surface area contributed by atoms with Gasteiger partial charge in [0.25, 0.3) is 0 Å². The van der Waals surface area contributed by atoms with E-state index in [2.05, 4.69) is 34.5 Å². The smallest absolute Gasteiger partial charge is 0.119 e. The van der Waals surface area contributed by atoms with Crippen LogP contribution < -0.4 is 19.7 Å². The quantitative estimate of drug-likeness (QED) is 0.792. The van der Waals surface area contributed by atoms with Crippen molar-refractivity contribution >= 4 is 11.4 Å². The van der Waals surface area contributed by atoms with Crippen LogP contribution >= 0.6 is 0 Å². The fourth-order valence-corrected chi connectivity index (χ4v) is 1.91. The second-order valence-electron chi connectivity index (χ2n) is 4.89. The van der Waals surface area contributed by atoms with Crippen molar-refractivity contribution < 1.29 is 9.47 Å². The summed E-state index contributed by atoms with van der Waals surface area (Å²) in [6.07, 6.45) is 0. The molecule has 0 aromatic heterocycles. The second-order valence-corrected chi connectivity index (χ2v) is 4.89. The van der Waals surface area contributed by atoms with Gasteiger partial charge in [-0.15, -0.1) is 0 Å². The molecule has 0 bridgehead atoms. The summed E-state index contributed by atoms with van der Waals surface area (Å²) in [6.45, 7) is 1.37. The molecule has 0 heterocycles. The van der Waals surface area contributed by atoms with Crippen LogP contribution in [0, 0.1) is 0 Å². The van der Waals surface area contributed by atoms with Crippen LogP contribution in [0.2, 0.25) is 0 Å². The van der Waals surface area contributed by atoms with Gasteiger partial charge in [0.2, 0.25) is 0 Å². The summed E-state index contributed by atoms with van der Waals surface area (Å²) in [5.74, 6) is 1.68. The summed E-state index contributed by atoms with van der Waals surface area (Å²) in [7, 11) is 5.72. The van der Waals surface area contributed by atoms with Gasteiger partial charge in [-0.05, 0) is 48.5 Å². The number of rotatable bonds is 7. The van der Waals surface area contributed by atoms with Gasteiger partial charge in [-0.2, -0.15) is 0 Å². The molecule has 4 nitrogen and oxygen atoms in total. The molecule has 0 fully saturated rings. The molecule has 0 aliphatic heterocycles. The minimum atomic E-state index is 0.613. The predicted molar refractivity (Wildman–Crippen MR) is 87.7 cm³/mol. The van der Waals surface area contributed by atoms with Crippen molar-refractivity contribution in [1.29, 1.82) is 0 Å². The van der Waals surface area contributed by atoms with Gasteiger partial charge >= 0.3 is 0 Å². The summed E-state index contributed by atoms with van der Waals surface area (Å²) >= 11 is 0. The van der Waals surface area contributed by atoms with Crippen molar-refractivity contribution in [3.05, 3.63) is 48.5 Å². The van der Waals surface area contributed by atoms with Crippen LogP contribution in [-0.4, -0.2) is 34.4 Å². The first-order chi connectivity index (χ1) is 10.2. The monoisotopic (exact) mass is 286 g/mol. The molecule has 21 heavy (non-hydrogen) atoms. The van der Waals surface area contributed by atoms with E-state index in [1.165, 1.54) is 5.69 Å². The molecule has 0 unspecified atom stereocenters. The molecule has 2 aromatic carbocycles. The van der Waals surface area contributed by atoms with Crippen molar-refractivity contribution in [2.24, 2.45) is 0 Å². The van der Waals surface area contributed by atoms with E-state index >= 15 is 0 Å². The van der Waals surface area contributed by atoms with E-state index in [1.807, 2.05) is 38.4 Å². The number of hydrogen-bond donors (Lipinski definition) is 1. The Hall–Kier alpha value is -2.36. The zero-order chi connectivity index (χ0) is 15.1. The van der Waals surface area contributed by atoms with Gasteiger partial charge in [0, 0.05) is 32.0 Å². The lowest BCUT2D eigenvalue weighted by atomic mass is 10.2. The van der Waals surface area contributed by atoms with E-state index in [1.54, 1.807) is 7.11 Å². The van der Waals surface area contributed by atoms with E-state index in [9.17, 15) is 0 Å². The van der Waals surface area contributed by atoms with E-state index < -0.39 is 0 Å². The Kier molecular flexibility index (Phi) is 5.32. The van der Waals surface area contributed by atoms with Gasteiger partial charge < -0.3 is 19.7 Å². The van der Waals surface area contributed by atoms with Gasteiger partial charge in [-0.1, -0.05) is 0 Å². The zero-order valence-corrected chi connectivity index (χ0v) is 12.8. The first kappa shape index (κ1) is 15.0. The average Bonchev–Trinajstić information content (AvgIpc) is 2.52. The van der Waals surface area contributed by atoms with Crippen LogP contribution in [0.3, 0.4) is 0 Å². The number of methoxy groups -OCH3 is 1. The maximum atomic E-state index is 5.66. The summed E-state index contributed by atoms with van der Waals surface area (Å²) in [4.78, 5) is 2.08. The Morgan fingerprint density at radius 3 is 2.10 bits per heavy atom. The highest BCUT2D eigenvalue weighted by molar-refractivity contribution is 5.54. The van der Waals surface area contributed by atoms with Crippen LogP contribution in [0.15, 0.2) is 48.5 Å². The number of anilines is 2. The van der Waals surface area contributed by atoms with E-state index in [-0.39, 0.29) is 0 Å². The topological polar surface area (TPSA) is 33.7 Å². The van der Waals surface area contributed by atoms with Crippen molar-refractivity contribution in [3.63, 3.8) is 0 Å². The maximum Gasteiger partial charge on any atom is 0.119 e. The standard InChI is InChI=1S/C17H22N2O2/c1-19(2)15-6-4-14(5-7-15)18-12-13-21-17-10-8-16(20-3)9-11-17/h4-11,18H,12-13H2,1-3H3. The largest absolute Gasteiger partial charge is 0.497 e. The lowest BCUT2D eigenvalue weighted by Crippen LogP contribution is -2.12. The molecule has 0 radical (unpaired) electrons. The van der Waals surface area contributed by atoms with Crippen molar-refractivity contribution in [1.82, 2.24) is 0 Å². The molecule has 4 heteroatoms. The third kappa shape index (κ3) is 4.60. The molecule has 0 atom stereocenters. The average molecular weight is 286 g/mol. The molecule has 0 spiro atoms. The fourth-order valence-electron chi connectivity index (χ4n) is 1.91. The van der Waals surface area contributed by atoms with E-state index in [4.69, 9.17) is 9.47 Å². The van der Waals surface area contributed by atoms with E-state index in [0.717, 1.165) is 23.7 Å². The molecule has 0 aliphatic carbocycles. The molecule has 0 saturated carbocycles. The molecule has 2 rings (SSSR count). The predicted octanol–water partition coefficient (Wildman–Crippen LogP) is 3.25. The Morgan fingerprint density at radius 2 is 1.52 bits per heavy atom. The van der Waals surface area contributed by atoms with E-state index in [0.29, 0.717) is 6.61 Å². The second kappa shape index (κ2) is 7.43. The van der Waals surface area contributed by atoms with Gasteiger partial charge in [-0.3, -0.25) is 0 Å². The Morgan fingerprint density at radius 1 is 0.905 bits per heavy atom. The van der Waals surface area contributed by atoms with Crippen LogP contribution in [0.25, 0.3) is 0 Å². The minimum Gasteiger partial charge on any atom is -0.497 e. The number of hydrogen-bond acceptors (Lipinski definition) is 4. The molecule has 0 amide bonds. The van der Waals surface area contributed by atoms with Crippen molar-refractivity contribution in [3.8, 4) is 11.5 Å². The first-order valence-electron chi connectivity index (χ1n) is 6.97. The molecule has 0 aliphatic rings. The molecule has 112 valence electrons. The van der Waals surface area contributed by atoms with Gasteiger partial charge in [0.15, 0.2) is 0 Å². The molecular weight excluding hydrogens is 264 g/mol. The first-order valence-corrected chi connectivity index (χ1v) is 6.97. The highest BCUT2D eigenvalue weighted by Gasteiger charge is 1.97. The Balaban J connectivity index is 1.73. The van der Waals surface area contributed by atoms with Crippen molar-refractivity contribution in [2.45, 2.75) is 0 Å². The summed E-state index contributed by atoms with van der Waals surface area (Å²) in [5, 5.41) is 3.34. The number of nitrogens with zero attached hydrogens (tertiary/aromatic N) is 1. The maximum absolute atomic E-state index is 5.66. The highest BCUT2D eigenvalue weighted by atomic mass is 16.5. The Labute approximate surface area is 126 Å². The molecular formula is C17H22N2O2. The lowest BCUT2D eigenvalue weighted by molar-refractivity contribution is 0.332. The minimum absolute atomic E-state index is 0.613. The normalized spacial score (nSPS) is 10.0. The summed E-state index contributed by atoms with van der Waals surface area (Å²) in [6, 6.07) is 15.9. The highest BCUT2D eigenvalue weighted by Crippen LogP contribution is 2.17. The van der Waals surface area contributed by atoms with Gasteiger partial charge in [0.1, 0.15) is 18.1 Å². The SMILES string of the molecule is COc1ccc(OCCNc2ccc(N(C)C)cc2)cc1.